The first kappa shape index (κ1) is 21.7. The van der Waals surface area contributed by atoms with Gasteiger partial charge in [-0.25, -0.2) is 0 Å². The summed E-state index contributed by atoms with van der Waals surface area (Å²) in [4.78, 5) is 27.5. The highest BCUT2D eigenvalue weighted by molar-refractivity contribution is 6.32. The second kappa shape index (κ2) is 8.31. The molecule has 0 amide bonds. The van der Waals surface area contributed by atoms with Gasteiger partial charge in [0.05, 0.1) is 22.5 Å². The highest BCUT2D eigenvalue weighted by atomic mass is 16.1. The number of nitrogens with one attached hydrogen (secondary N) is 2. The van der Waals surface area contributed by atoms with Crippen molar-refractivity contribution in [2.75, 3.05) is 10.6 Å². The largest absolute Gasteiger partial charge is 0.354 e. The molecular formula is C30H26N2O2. The van der Waals surface area contributed by atoms with Crippen LogP contribution in [0, 0.1) is 27.7 Å². The first-order valence-corrected chi connectivity index (χ1v) is 11.4. The molecule has 4 heteroatoms. The van der Waals surface area contributed by atoms with Gasteiger partial charge in [-0.3, -0.25) is 9.59 Å². The van der Waals surface area contributed by atoms with E-state index in [1.54, 1.807) is 24.3 Å². The molecule has 0 unspecified atom stereocenters. The zero-order valence-corrected chi connectivity index (χ0v) is 19.7. The number of carbonyl (C=O) groups excluding carboxylic acids is 2. The van der Waals surface area contributed by atoms with Crippen LogP contribution in [-0.4, -0.2) is 11.6 Å². The van der Waals surface area contributed by atoms with Gasteiger partial charge in [-0.2, -0.15) is 0 Å². The molecule has 0 aromatic heterocycles. The number of benzene rings is 4. The Morgan fingerprint density at radius 3 is 1.18 bits per heavy atom. The average Bonchev–Trinajstić information content (AvgIpc) is 2.82. The van der Waals surface area contributed by atoms with Crippen LogP contribution < -0.4 is 10.6 Å². The first-order chi connectivity index (χ1) is 16.4. The first-order valence-electron chi connectivity index (χ1n) is 11.4. The molecule has 1 aliphatic carbocycles. The summed E-state index contributed by atoms with van der Waals surface area (Å²) in [5.41, 5.74) is 9.12. The number of hydrogen-bond acceptors (Lipinski definition) is 4. The molecule has 4 aromatic rings. The second-order valence-electron chi connectivity index (χ2n) is 8.90. The van der Waals surface area contributed by atoms with Gasteiger partial charge in [0.2, 0.25) is 0 Å². The van der Waals surface area contributed by atoms with E-state index in [0.29, 0.717) is 33.6 Å². The minimum Gasteiger partial charge on any atom is -0.354 e. The van der Waals surface area contributed by atoms with Crippen LogP contribution in [0.3, 0.4) is 0 Å². The molecule has 0 saturated heterocycles. The number of aryl methyl sites for hydroxylation is 4. The number of anilines is 4. The second-order valence-corrected chi connectivity index (χ2v) is 8.90. The van der Waals surface area contributed by atoms with Crippen LogP contribution in [-0.2, 0) is 0 Å². The third kappa shape index (κ3) is 3.48. The summed E-state index contributed by atoms with van der Waals surface area (Å²) in [6.07, 6.45) is 0. The van der Waals surface area contributed by atoms with Crippen molar-refractivity contribution in [3.05, 3.63) is 117 Å². The Morgan fingerprint density at radius 2 is 0.824 bits per heavy atom. The third-order valence-corrected chi connectivity index (χ3v) is 6.56. The molecule has 5 rings (SSSR count). The molecule has 4 aromatic carbocycles. The predicted molar refractivity (Wildman–Crippen MR) is 138 cm³/mol. The summed E-state index contributed by atoms with van der Waals surface area (Å²) in [5, 5.41) is 6.93. The summed E-state index contributed by atoms with van der Waals surface area (Å²) in [6, 6.07) is 23.0. The van der Waals surface area contributed by atoms with Gasteiger partial charge in [0.25, 0.3) is 0 Å². The standard InChI is InChI=1S/C30H26N2O2/c1-17-9-7-10-18(2)27(17)31-23-15-16-24(32-28-19(3)11-8-12-20(28)4)26-25(23)29(33)21-13-5-6-14-22(21)30(26)34/h5-16,31-32H,1-4H3. The molecule has 34 heavy (non-hydrogen) atoms. The number of carbonyl (C=O) groups is 2. The van der Waals surface area contributed by atoms with Crippen LogP contribution in [0.1, 0.15) is 54.1 Å². The number of hydrogen-bond donors (Lipinski definition) is 2. The molecule has 0 bridgehead atoms. The highest BCUT2D eigenvalue weighted by Crippen LogP contribution is 2.40. The van der Waals surface area contributed by atoms with Crippen molar-refractivity contribution in [1.29, 1.82) is 0 Å². The quantitative estimate of drug-likeness (QED) is 0.307. The lowest BCUT2D eigenvalue weighted by molar-refractivity contribution is 0.0980. The predicted octanol–water partition coefficient (Wildman–Crippen LogP) is 7.18. The molecular weight excluding hydrogens is 420 g/mol. The number of ketones is 2. The van der Waals surface area contributed by atoms with Gasteiger partial charge in [-0.05, 0) is 62.1 Å². The van der Waals surface area contributed by atoms with Crippen LogP contribution >= 0.6 is 0 Å². The van der Waals surface area contributed by atoms with Gasteiger partial charge in [-0.1, -0.05) is 60.7 Å². The fourth-order valence-corrected chi connectivity index (χ4v) is 4.72. The SMILES string of the molecule is Cc1cccc(C)c1Nc1ccc(Nc2c(C)cccc2C)c2c1C(=O)c1ccccc1C2=O. The van der Waals surface area contributed by atoms with Crippen LogP contribution in [0.4, 0.5) is 22.7 Å². The molecule has 0 fully saturated rings. The van der Waals surface area contributed by atoms with E-state index in [-0.39, 0.29) is 11.6 Å². The van der Waals surface area contributed by atoms with Crippen molar-refractivity contribution in [3.63, 3.8) is 0 Å². The Hall–Kier alpha value is -4.18. The van der Waals surface area contributed by atoms with Crippen LogP contribution in [0.15, 0.2) is 72.8 Å². The summed E-state index contributed by atoms with van der Waals surface area (Å²) in [7, 11) is 0. The molecule has 0 radical (unpaired) electrons. The minimum absolute atomic E-state index is 0.149. The summed E-state index contributed by atoms with van der Waals surface area (Å²) >= 11 is 0. The topological polar surface area (TPSA) is 58.2 Å². The van der Waals surface area contributed by atoms with Gasteiger partial charge in [0.15, 0.2) is 11.6 Å². The Kier molecular flexibility index (Phi) is 5.29. The van der Waals surface area contributed by atoms with Gasteiger partial charge in [0, 0.05) is 22.5 Å². The smallest absolute Gasteiger partial charge is 0.196 e. The van der Waals surface area contributed by atoms with Crippen molar-refractivity contribution in [1.82, 2.24) is 0 Å². The lowest BCUT2D eigenvalue weighted by atomic mass is 9.82. The fraction of sp³-hybridized carbons (Fsp3) is 0.133. The van der Waals surface area contributed by atoms with Gasteiger partial charge < -0.3 is 10.6 Å². The van der Waals surface area contributed by atoms with Crippen molar-refractivity contribution in [3.8, 4) is 0 Å². The van der Waals surface area contributed by atoms with Gasteiger partial charge in [-0.15, -0.1) is 0 Å². The molecule has 2 N–H and O–H groups in total. The Morgan fingerprint density at radius 1 is 0.471 bits per heavy atom. The monoisotopic (exact) mass is 446 g/mol. The number of para-hydroxylation sites is 2. The van der Waals surface area contributed by atoms with E-state index in [1.807, 2.05) is 76.2 Å². The molecule has 1 aliphatic rings. The summed E-state index contributed by atoms with van der Waals surface area (Å²) in [5.74, 6) is -0.298. The van der Waals surface area contributed by atoms with Crippen molar-refractivity contribution >= 4 is 34.3 Å². The van der Waals surface area contributed by atoms with E-state index in [4.69, 9.17) is 0 Å². The Balaban J connectivity index is 1.72. The highest BCUT2D eigenvalue weighted by Gasteiger charge is 2.34. The van der Waals surface area contributed by atoms with E-state index >= 15 is 0 Å². The molecule has 0 atom stereocenters. The Labute approximate surface area is 199 Å². The minimum atomic E-state index is -0.149. The zero-order chi connectivity index (χ0) is 24.0. The fourth-order valence-electron chi connectivity index (χ4n) is 4.72. The number of rotatable bonds is 4. The summed E-state index contributed by atoms with van der Waals surface area (Å²) in [6.45, 7) is 8.11. The molecule has 0 heterocycles. The van der Waals surface area contributed by atoms with E-state index < -0.39 is 0 Å². The number of fused-ring (bicyclic) bond motifs is 2. The van der Waals surface area contributed by atoms with Gasteiger partial charge in [0.1, 0.15) is 0 Å². The van der Waals surface area contributed by atoms with Gasteiger partial charge >= 0.3 is 0 Å². The molecule has 0 aliphatic heterocycles. The lowest BCUT2D eigenvalue weighted by Gasteiger charge is -2.25. The van der Waals surface area contributed by atoms with E-state index in [1.165, 1.54) is 0 Å². The third-order valence-electron chi connectivity index (χ3n) is 6.56. The van der Waals surface area contributed by atoms with Crippen molar-refractivity contribution < 1.29 is 9.59 Å². The van der Waals surface area contributed by atoms with Crippen molar-refractivity contribution in [2.45, 2.75) is 27.7 Å². The maximum Gasteiger partial charge on any atom is 0.196 e. The van der Waals surface area contributed by atoms with Crippen LogP contribution in [0.5, 0.6) is 0 Å². The summed E-state index contributed by atoms with van der Waals surface area (Å²) < 4.78 is 0. The van der Waals surface area contributed by atoms with Crippen LogP contribution in [0.25, 0.3) is 0 Å². The van der Waals surface area contributed by atoms with Crippen molar-refractivity contribution in [2.24, 2.45) is 0 Å². The van der Waals surface area contributed by atoms with E-state index in [0.717, 1.165) is 33.6 Å². The molecule has 168 valence electrons. The molecule has 4 nitrogen and oxygen atoms in total. The molecule has 0 saturated carbocycles. The Bertz CT molecular complexity index is 1330. The zero-order valence-electron chi connectivity index (χ0n) is 19.7. The van der Waals surface area contributed by atoms with E-state index in [9.17, 15) is 9.59 Å². The normalized spacial score (nSPS) is 12.2. The van der Waals surface area contributed by atoms with Crippen LogP contribution in [0.2, 0.25) is 0 Å². The maximum atomic E-state index is 13.8. The van der Waals surface area contributed by atoms with E-state index in [2.05, 4.69) is 10.6 Å². The molecule has 0 spiro atoms. The average molecular weight is 447 g/mol. The maximum absolute atomic E-state index is 13.8. The lowest BCUT2D eigenvalue weighted by Crippen LogP contribution is -2.23.